The summed E-state index contributed by atoms with van der Waals surface area (Å²) in [6.07, 6.45) is 0.355. The molecular formula is C5H8N6O2. The highest BCUT2D eigenvalue weighted by Crippen LogP contribution is 2.06. The van der Waals surface area contributed by atoms with Crippen molar-refractivity contribution in [3.8, 4) is 0 Å². The molecule has 1 aromatic heterocycles. The van der Waals surface area contributed by atoms with Crippen molar-refractivity contribution in [1.82, 2.24) is 15.0 Å². The van der Waals surface area contributed by atoms with Crippen molar-refractivity contribution in [3.05, 3.63) is 0 Å². The van der Waals surface area contributed by atoms with Gasteiger partial charge < -0.3 is 16.6 Å². The Bertz CT molecular complexity index is 296. The van der Waals surface area contributed by atoms with Crippen molar-refractivity contribution in [2.24, 2.45) is 0 Å². The zero-order valence-electron chi connectivity index (χ0n) is 6.58. The summed E-state index contributed by atoms with van der Waals surface area (Å²) in [7, 11) is 0. The van der Waals surface area contributed by atoms with Crippen molar-refractivity contribution in [3.63, 3.8) is 0 Å². The maximum absolute atomic E-state index is 10.3. The summed E-state index contributed by atoms with van der Waals surface area (Å²) in [5, 5.41) is 8.67. The van der Waals surface area contributed by atoms with E-state index < -0.39 is 6.73 Å². The Morgan fingerprint density at radius 3 is 2.23 bits per heavy atom. The van der Waals surface area contributed by atoms with Gasteiger partial charge in [-0.25, -0.2) is 0 Å². The van der Waals surface area contributed by atoms with Crippen LogP contribution in [0, 0.1) is 0 Å². The maximum Gasteiger partial charge on any atom is 0.240 e. The lowest BCUT2D eigenvalue weighted by Gasteiger charge is -2.11. The second-order valence-electron chi connectivity index (χ2n) is 2.07. The SMILES string of the molecule is Nc1nc(N)nc(N(C=O)CO)n1. The van der Waals surface area contributed by atoms with Gasteiger partial charge in [-0.05, 0) is 0 Å². The molecule has 0 aliphatic rings. The maximum atomic E-state index is 10.3. The highest BCUT2D eigenvalue weighted by Gasteiger charge is 2.08. The number of aliphatic hydroxyl groups is 1. The Morgan fingerprint density at radius 1 is 1.31 bits per heavy atom. The average Bonchev–Trinajstić information content (AvgIpc) is 2.04. The molecule has 13 heavy (non-hydrogen) atoms. The van der Waals surface area contributed by atoms with Gasteiger partial charge >= 0.3 is 0 Å². The first-order valence-electron chi connectivity index (χ1n) is 3.27. The zero-order chi connectivity index (χ0) is 9.84. The van der Waals surface area contributed by atoms with E-state index >= 15 is 0 Å². The van der Waals surface area contributed by atoms with Crippen LogP contribution in [-0.4, -0.2) is 33.2 Å². The molecule has 1 rings (SSSR count). The van der Waals surface area contributed by atoms with Gasteiger partial charge in [0.25, 0.3) is 0 Å². The second kappa shape index (κ2) is 3.63. The second-order valence-corrected chi connectivity index (χ2v) is 2.07. The van der Waals surface area contributed by atoms with Crippen LogP contribution in [0.3, 0.4) is 0 Å². The van der Waals surface area contributed by atoms with E-state index in [4.69, 9.17) is 16.6 Å². The fraction of sp³-hybridized carbons (Fsp3) is 0.200. The number of rotatable bonds is 3. The van der Waals surface area contributed by atoms with Crippen LogP contribution in [0.15, 0.2) is 0 Å². The third kappa shape index (κ3) is 1.99. The van der Waals surface area contributed by atoms with Crippen LogP contribution in [0.2, 0.25) is 0 Å². The van der Waals surface area contributed by atoms with Gasteiger partial charge in [0.05, 0.1) is 0 Å². The van der Waals surface area contributed by atoms with Gasteiger partial charge in [-0.1, -0.05) is 0 Å². The van der Waals surface area contributed by atoms with Crippen molar-refractivity contribution in [2.45, 2.75) is 0 Å². The van der Waals surface area contributed by atoms with Gasteiger partial charge in [0, 0.05) is 0 Å². The summed E-state index contributed by atoms with van der Waals surface area (Å²) in [6.45, 7) is -0.549. The van der Waals surface area contributed by atoms with Crippen LogP contribution >= 0.6 is 0 Å². The predicted molar refractivity (Wildman–Crippen MR) is 44.3 cm³/mol. The number of hydrogen-bond acceptors (Lipinski definition) is 7. The molecule has 0 radical (unpaired) electrons. The molecule has 0 spiro atoms. The Balaban J connectivity index is 3.05. The Morgan fingerprint density at radius 2 is 1.85 bits per heavy atom. The van der Waals surface area contributed by atoms with Crippen molar-refractivity contribution in [1.29, 1.82) is 0 Å². The molecule has 0 fully saturated rings. The first kappa shape index (κ1) is 9.13. The molecule has 0 bridgehead atoms. The molecule has 1 aromatic rings. The fourth-order valence-electron chi connectivity index (χ4n) is 0.669. The molecule has 70 valence electrons. The smallest absolute Gasteiger partial charge is 0.240 e. The van der Waals surface area contributed by atoms with Gasteiger partial charge in [-0.3, -0.25) is 9.69 Å². The molecule has 0 aromatic carbocycles. The lowest BCUT2D eigenvalue weighted by atomic mass is 10.7. The minimum absolute atomic E-state index is 0.0810. The topological polar surface area (TPSA) is 131 Å². The predicted octanol–water partition coefficient (Wildman–Crippen LogP) is -2.05. The summed E-state index contributed by atoms with van der Waals surface area (Å²) in [4.78, 5) is 21.8. The number of nitrogens with zero attached hydrogens (tertiary/aromatic N) is 4. The van der Waals surface area contributed by atoms with Crippen LogP contribution in [0.25, 0.3) is 0 Å². The van der Waals surface area contributed by atoms with E-state index in [0.29, 0.717) is 6.41 Å². The average molecular weight is 184 g/mol. The number of nitrogen functional groups attached to an aromatic ring is 2. The first-order chi connectivity index (χ1) is 6.17. The van der Waals surface area contributed by atoms with Crippen LogP contribution in [0.4, 0.5) is 17.8 Å². The fourth-order valence-corrected chi connectivity index (χ4v) is 0.669. The van der Waals surface area contributed by atoms with Gasteiger partial charge in [-0.2, -0.15) is 15.0 Å². The largest absolute Gasteiger partial charge is 0.376 e. The molecule has 0 atom stereocenters. The summed E-state index contributed by atoms with van der Waals surface area (Å²) >= 11 is 0. The van der Waals surface area contributed by atoms with Crippen molar-refractivity contribution in [2.75, 3.05) is 23.1 Å². The molecule has 0 aliphatic carbocycles. The molecule has 0 unspecified atom stereocenters. The first-order valence-corrected chi connectivity index (χ1v) is 3.27. The normalized spacial score (nSPS) is 9.62. The number of nitrogens with two attached hydrogens (primary N) is 2. The summed E-state index contributed by atoms with van der Waals surface area (Å²) < 4.78 is 0. The van der Waals surface area contributed by atoms with Crippen LogP contribution in [-0.2, 0) is 4.79 Å². The number of amides is 1. The van der Waals surface area contributed by atoms with E-state index in [1.807, 2.05) is 0 Å². The molecule has 0 saturated carbocycles. The molecule has 0 saturated heterocycles. The van der Waals surface area contributed by atoms with E-state index in [9.17, 15) is 4.79 Å². The van der Waals surface area contributed by atoms with Gasteiger partial charge in [0.15, 0.2) is 0 Å². The van der Waals surface area contributed by atoms with Gasteiger partial charge in [0.1, 0.15) is 6.73 Å². The molecule has 1 amide bonds. The molecular weight excluding hydrogens is 176 g/mol. The van der Waals surface area contributed by atoms with Crippen molar-refractivity contribution >= 4 is 24.3 Å². The van der Waals surface area contributed by atoms with Crippen molar-refractivity contribution < 1.29 is 9.90 Å². The third-order valence-corrected chi connectivity index (χ3v) is 1.19. The number of anilines is 3. The van der Waals surface area contributed by atoms with Crippen LogP contribution < -0.4 is 16.4 Å². The number of carbonyl (C=O) groups excluding carboxylic acids is 1. The number of aliphatic hydroxyl groups excluding tert-OH is 1. The van der Waals surface area contributed by atoms with Gasteiger partial charge in [0.2, 0.25) is 24.3 Å². The summed E-state index contributed by atoms with van der Waals surface area (Å²) in [6, 6.07) is 0. The number of hydrogen-bond donors (Lipinski definition) is 3. The van der Waals surface area contributed by atoms with E-state index in [0.717, 1.165) is 4.90 Å². The zero-order valence-corrected chi connectivity index (χ0v) is 6.58. The van der Waals surface area contributed by atoms with Crippen LogP contribution in [0.5, 0.6) is 0 Å². The standard InChI is InChI=1S/C5H8N6O2/c6-3-8-4(7)10-5(9-3)11(1-12)2-13/h1,13H,2H2,(H4,6,7,8,9,10). The van der Waals surface area contributed by atoms with E-state index in [-0.39, 0.29) is 17.8 Å². The van der Waals surface area contributed by atoms with E-state index in [2.05, 4.69) is 15.0 Å². The molecule has 1 heterocycles. The van der Waals surface area contributed by atoms with Crippen LogP contribution in [0.1, 0.15) is 0 Å². The van der Waals surface area contributed by atoms with Gasteiger partial charge in [-0.15, -0.1) is 0 Å². The molecule has 0 aliphatic heterocycles. The lowest BCUT2D eigenvalue weighted by molar-refractivity contribution is -0.108. The quantitative estimate of drug-likeness (QED) is 0.363. The summed E-state index contributed by atoms with van der Waals surface area (Å²) in [5.74, 6) is -0.298. The minimum Gasteiger partial charge on any atom is -0.376 e. The Labute approximate surface area is 73.2 Å². The molecule has 8 nitrogen and oxygen atoms in total. The monoisotopic (exact) mass is 184 g/mol. The minimum atomic E-state index is -0.549. The van der Waals surface area contributed by atoms with E-state index in [1.165, 1.54) is 0 Å². The highest BCUT2D eigenvalue weighted by atomic mass is 16.3. The third-order valence-electron chi connectivity index (χ3n) is 1.19. The Kier molecular flexibility index (Phi) is 2.55. The lowest BCUT2D eigenvalue weighted by Crippen LogP contribution is -2.25. The molecule has 5 N–H and O–H groups in total. The molecule has 8 heteroatoms. The number of aromatic nitrogens is 3. The summed E-state index contributed by atoms with van der Waals surface area (Å²) in [5.41, 5.74) is 10.5. The van der Waals surface area contributed by atoms with E-state index in [1.54, 1.807) is 0 Å². The highest BCUT2D eigenvalue weighted by molar-refractivity contribution is 5.70. The number of carbonyl (C=O) groups is 1. The Hall–Kier alpha value is -1.96.